The molecule has 1 heterocycles. The highest BCUT2D eigenvalue weighted by Gasteiger charge is 2.32. The Morgan fingerprint density at radius 3 is 1.81 bits per heavy atom. The summed E-state index contributed by atoms with van der Waals surface area (Å²) in [6.45, 7) is 5.75. The van der Waals surface area contributed by atoms with Crippen molar-refractivity contribution < 1.29 is 5.11 Å². The molecule has 1 N–H and O–H groups in total. The van der Waals surface area contributed by atoms with Gasteiger partial charge in [-0.05, 0) is 57.2 Å². The first-order valence-electron chi connectivity index (χ1n) is 9.70. The van der Waals surface area contributed by atoms with Crippen molar-refractivity contribution in [3.05, 3.63) is 71.8 Å². The Morgan fingerprint density at radius 1 is 0.885 bits per heavy atom. The lowest BCUT2D eigenvalue weighted by molar-refractivity contribution is 0.0522. The molecule has 2 nitrogen and oxygen atoms in total. The molecule has 1 aliphatic rings. The van der Waals surface area contributed by atoms with Gasteiger partial charge in [0.25, 0.3) is 0 Å². The van der Waals surface area contributed by atoms with Gasteiger partial charge < -0.3 is 5.11 Å². The van der Waals surface area contributed by atoms with E-state index in [0.717, 1.165) is 30.5 Å². The summed E-state index contributed by atoms with van der Waals surface area (Å²) >= 11 is 0. The number of piperidine rings is 1. The zero-order valence-corrected chi connectivity index (χ0v) is 17.7. The highest BCUT2D eigenvalue weighted by atomic mass is 79.9. The second-order valence-corrected chi connectivity index (χ2v) is 7.56. The molecule has 2 aromatic carbocycles. The van der Waals surface area contributed by atoms with E-state index in [1.54, 1.807) is 0 Å². The zero-order valence-electron chi connectivity index (χ0n) is 16.0. The number of nitrogens with zero attached hydrogens (tertiary/aromatic N) is 1. The summed E-state index contributed by atoms with van der Waals surface area (Å²) in [6, 6.07) is 21.5. The Hall–Kier alpha value is -1.16. The number of hydrogen-bond acceptors (Lipinski definition) is 2. The fourth-order valence-electron chi connectivity index (χ4n) is 4.32. The molecule has 0 aromatic heterocycles. The van der Waals surface area contributed by atoms with Gasteiger partial charge in [-0.3, -0.25) is 4.90 Å². The summed E-state index contributed by atoms with van der Waals surface area (Å²) in [5, 5.41) is 11.6. The standard InChI is InChI=1S/C23H31NO.BrH/c1-19-11-9-12-20(2)24(19)18-10-17-23(25,21-13-5-3-6-14-21)22-15-7-4-8-16-22;/h3-8,13-16,19-20,25H,9-12,17-18H2,1-2H3;1H/t19-,20+;. The van der Waals surface area contributed by atoms with E-state index >= 15 is 0 Å². The Labute approximate surface area is 169 Å². The highest BCUT2D eigenvalue weighted by molar-refractivity contribution is 8.93. The van der Waals surface area contributed by atoms with E-state index in [0.29, 0.717) is 12.1 Å². The van der Waals surface area contributed by atoms with Crippen LogP contribution in [0.5, 0.6) is 0 Å². The molecule has 1 saturated heterocycles. The molecule has 3 rings (SSSR count). The van der Waals surface area contributed by atoms with Crippen molar-refractivity contribution in [2.24, 2.45) is 0 Å². The Balaban J connectivity index is 0.00000243. The van der Waals surface area contributed by atoms with E-state index in [2.05, 4.69) is 18.7 Å². The smallest absolute Gasteiger partial charge is 0.115 e. The Morgan fingerprint density at radius 2 is 1.35 bits per heavy atom. The number of rotatable bonds is 6. The molecular weight excluding hydrogens is 386 g/mol. The SMILES string of the molecule is Br.C[C@@H]1CCC[C@H](C)N1CCCC(O)(c1ccccc1)c1ccccc1. The first kappa shape index (κ1) is 21.1. The molecule has 2 atom stereocenters. The Kier molecular flexibility index (Phi) is 7.87. The predicted molar refractivity (Wildman–Crippen MR) is 115 cm³/mol. The number of halogens is 1. The van der Waals surface area contributed by atoms with Crippen molar-refractivity contribution >= 4 is 17.0 Å². The van der Waals surface area contributed by atoms with Crippen LogP contribution in [0.2, 0.25) is 0 Å². The van der Waals surface area contributed by atoms with Crippen molar-refractivity contribution in [3.8, 4) is 0 Å². The average Bonchev–Trinajstić information content (AvgIpc) is 2.65. The molecule has 0 radical (unpaired) electrons. The lowest BCUT2D eigenvalue weighted by Crippen LogP contribution is -2.44. The van der Waals surface area contributed by atoms with Crippen LogP contribution >= 0.6 is 17.0 Å². The van der Waals surface area contributed by atoms with Crippen LogP contribution in [0.4, 0.5) is 0 Å². The summed E-state index contributed by atoms with van der Waals surface area (Å²) in [6.07, 6.45) is 5.68. The van der Waals surface area contributed by atoms with Gasteiger partial charge in [0.1, 0.15) is 5.60 Å². The summed E-state index contributed by atoms with van der Waals surface area (Å²) in [7, 11) is 0. The molecule has 26 heavy (non-hydrogen) atoms. The molecule has 0 unspecified atom stereocenters. The maximum Gasteiger partial charge on any atom is 0.115 e. The van der Waals surface area contributed by atoms with Crippen LogP contribution in [0.25, 0.3) is 0 Å². The quantitative estimate of drug-likeness (QED) is 0.666. The third-order valence-electron chi connectivity index (χ3n) is 5.83. The van der Waals surface area contributed by atoms with E-state index in [4.69, 9.17) is 0 Å². The van der Waals surface area contributed by atoms with E-state index in [1.165, 1.54) is 19.3 Å². The molecular formula is C23H32BrNO. The lowest BCUT2D eigenvalue weighted by atomic mass is 9.82. The fourth-order valence-corrected chi connectivity index (χ4v) is 4.32. The minimum absolute atomic E-state index is 0. The van der Waals surface area contributed by atoms with Crippen molar-refractivity contribution in [3.63, 3.8) is 0 Å². The van der Waals surface area contributed by atoms with Gasteiger partial charge in [-0.25, -0.2) is 0 Å². The highest BCUT2D eigenvalue weighted by Crippen LogP contribution is 2.34. The van der Waals surface area contributed by atoms with Crippen LogP contribution in [-0.4, -0.2) is 28.6 Å². The van der Waals surface area contributed by atoms with E-state index < -0.39 is 5.60 Å². The summed E-state index contributed by atoms with van der Waals surface area (Å²) in [5.74, 6) is 0. The summed E-state index contributed by atoms with van der Waals surface area (Å²) in [4.78, 5) is 2.62. The second kappa shape index (κ2) is 9.68. The molecule has 3 heteroatoms. The van der Waals surface area contributed by atoms with Crippen LogP contribution < -0.4 is 0 Å². The van der Waals surface area contributed by atoms with Gasteiger partial charge >= 0.3 is 0 Å². The zero-order chi connectivity index (χ0) is 17.7. The topological polar surface area (TPSA) is 23.5 Å². The van der Waals surface area contributed by atoms with E-state index in [-0.39, 0.29) is 17.0 Å². The maximum atomic E-state index is 11.6. The number of likely N-dealkylation sites (tertiary alicyclic amines) is 1. The van der Waals surface area contributed by atoms with Crippen LogP contribution in [0.1, 0.15) is 57.1 Å². The first-order chi connectivity index (χ1) is 12.1. The maximum absolute atomic E-state index is 11.6. The van der Waals surface area contributed by atoms with Crippen molar-refractivity contribution in [1.82, 2.24) is 4.90 Å². The number of hydrogen-bond donors (Lipinski definition) is 1. The largest absolute Gasteiger partial charge is 0.380 e. The molecule has 1 fully saturated rings. The molecule has 142 valence electrons. The third kappa shape index (κ3) is 4.76. The van der Waals surface area contributed by atoms with E-state index in [9.17, 15) is 5.11 Å². The van der Waals surface area contributed by atoms with Crippen molar-refractivity contribution in [2.75, 3.05) is 6.54 Å². The van der Waals surface area contributed by atoms with Gasteiger partial charge in [0.05, 0.1) is 0 Å². The van der Waals surface area contributed by atoms with E-state index in [1.807, 2.05) is 60.7 Å². The summed E-state index contributed by atoms with van der Waals surface area (Å²) < 4.78 is 0. The fraction of sp³-hybridized carbons (Fsp3) is 0.478. The monoisotopic (exact) mass is 417 g/mol. The number of aliphatic hydroxyl groups is 1. The van der Waals surface area contributed by atoms with Crippen LogP contribution in [0.3, 0.4) is 0 Å². The lowest BCUT2D eigenvalue weighted by Gasteiger charge is -2.40. The van der Waals surface area contributed by atoms with Gasteiger partial charge in [0.15, 0.2) is 0 Å². The van der Waals surface area contributed by atoms with Gasteiger partial charge in [-0.1, -0.05) is 67.1 Å². The van der Waals surface area contributed by atoms with Gasteiger partial charge in [-0.2, -0.15) is 0 Å². The molecule has 0 saturated carbocycles. The average molecular weight is 418 g/mol. The van der Waals surface area contributed by atoms with Crippen LogP contribution in [0.15, 0.2) is 60.7 Å². The molecule has 2 aromatic rings. The molecule has 0 spiro atoms. The predicted octanol–water partition coefficient (Wildman–Crippen LogP) is 5.54. The molecule has 1 aliphatic heterocycles. The number of benzene rings is 2. The van der Waals surface area contributed by atoms with Gasteiger partial charge in [0, 0.05) is 12.1 Å². The summed E-state index contributed by atoms with van der Waals surface area (Å²) in [5.41, 5.74) is 1.06. The molecule has 0 aliphatic carbocycles. The minimum atomic E-state index is -0.912. The third-order valence-corrected chi connectivity index (χ3v) is 5.83. The van der Waals surface area contributed by atoms with Crippen molar-refractivity contribution in [1.29, 1.82) is 0 Å². The van der Waals surface area contributed by atoms with Crippen molar-refractivity contribution in [2.45, 2.75) is 63.6 Å². The van der Waals surface area contributed by atoms with Gasteiger partial charge in [-0.15, -0.1) is 17.0 Å². The normalized spacial score (nSPS) is 21.2. The molecule has 0 bridgehead atoms. The minimum Gasteiger partial charge on any atom is -0.380 e. The second-order valence-electron chi connectivity index (χ2n) is 7.56. The van der Waals surface area contributed by atoms with Crippen LogP contribution in [-0.2, 0) is 5.60 Å². The van der Waals surface area contributed by atoms with Crippen LogP contribution in [0, 0.1) is 0 Å². The molecule has 0 amide bonds. The Bertz CT molecular complexity index is 596. The first-order valence-corrected chi connectivity index (χ1v) is 9.70. The van der Waals surface area contributed by atoms with Gasteiger partial charge in [0.2, 0.25) is 0 Å².